The summed E-state index contributed by atoms with van der Waals surface area (Å²) in [5, 5.41) is 3.69. The van der Waals surface area contributed by atoms with Crippen molar-refractivity contribution in [3.05, 3.63) is 29.8 Å². The maximum absolute atomic E-state index is 5.77. The van der Waals surface area contributed by atoms with Gasteiger partial charge < -0.3 is 10.1 Å². The molecule has 1 rings (SSSR count). The summed E-state index contributed by atoms with van der Waals surface area (Å²) < 4.78 is 5.77. The maximum Gasteiger partial charge on any atom is 0.119 e. The Bertz CT molecular complexity index is 364. The summed E-state index contributed by atoms with van der Waals surface area (Å²) in [6, 6.07) is 9.08. The smallest absolute Gasteiger partial charge is 0.119 e. The molecule has 0 aliphatic heterocycles. The van der Waals surface area contributed by atoms with Gasteiger partial charge in [0.1, 0.15) is 5.75 Å². The van der Waals surface area contributed by atoms with Crippen molar-refractivity contribution in [2.45, 2.75) is 71.8 Å². The van der Waals surface area contributed by atoms with E-state index in [1.54, 1.807) is 0 Å². The highest BCUT2D eigenvalue weighted by Gasteiger charge is 2.11. The van der Waals surface area contributed by atoms with Gasteiger partial charge in [-0.1, -0.05) is 58.6 Å². The fourth-order valence-electron chi connectivity index (χ4n) is 2.52. The van der Waals surface area contributed by atoms with Gasteiger partial charge in [0, 0.05) is 6.04 Å². The monoisotopic (exact) mass is 291 g/mol. The molecule has 2 nitrogen and oxygen atoms in total. The van der Waals surface area contributed by atoms with Gasteiger partial charge in [-0.2, -0.15) is 0 Å². The molecule has 0 aromatic heterocycles. The van der Waals surface area contributed by atoms with E-state index in [0.717, 1.165) is 25.3 Å². The molecule has 0 bridgehead atoms. The number of benzene rings is 1. The molecule has 0 aliphatic carbocycles. The van der Waals surface area contributed by atoms with Gasteiger partial charge in [-0.25, -0.2) is 0 Å². The third-order valence-corrected chi connectivity index (χ3v) is 3.72. The first-order valence-electron chi connectivity index (χ1n) is 8.77. The third-order valence-electron chi connectivity index (χ3n) is 3.72. The number of ether oxygens (including phenoxy) is 1. The van der Waals surface area contributed by atoms with E-state index in [1.807, 2.05) is 0 Å². The van der Waals surface area contributed by atoms with Crippen molar-refractivity contribution in [3.63, 3.8) is 0 Å². The molecule has 0 heterocycles. The number of unbranched alkanes of at least 4 members (excludes halogenated alkanes) is 3. The molecule has 0 fully saturated rings. The van der Waals surface area contributed by atoms with E-state index in [1.165, 1.54) is 44.1 Å². The van der Waals surface area contributed by atoms with Crippen LogP contribution in [-0.4, -0.2) is 13.2 Å². The summed E-state index contributed by atoms with van der Waals surface area (Å²) in [4.78, 5) is 0. The summed E-state index contributed by atoms with van der Waals surface area (Å²) >= 11 is 0. The van der Waals surface area contributed by atoms with Gasteiger partial charge in [0.2, 0.25) is 0 Å². The molecule has 1 atom stereocenters. The summed E-state index contributed by atoms with van der Waals surface area (Å²) in [5.74, 6) is 1.01. The molecule has 120 valence electrons. The Labute approximate surface area is 131 Å². The van der Waals surface area contributed by atoms with Gasteiger partial charge in [0.25, 0.3) is 0 Å². The Morgan fingerprint density at radius 3 is 2.57 bits per heavy atom. The molecule has 0 spiro atoms. The van der Waals surface area contributed by atoms with E-state index >= 15 is 0 Å². The van der Waals surface area contributed by atoms with Crippen LogP contribution in [0.4, 0.5) is 0 Å². The van der Waals surface area contributed by atoms with Crippen LogP contribution in [-0.2, 0) is 0 Å². The normalized spacial score (nSPS) is 12.3. The standard InChI is InChI=1S/C19H33NO/c1-4-7-8-9-13-19(20-14-5-2)17-11-10-12-18(16-17)21-15-6-3/h10-12,16,19-20H,4-9,13-15H2,1-3H3. The molecule has 2 heteroatoms. The van der Waals surface area contributed by atoms with Gasteiger partial charge in [0.15, 0.2) is 0 Å². The molecule has 0 saturated heterocycles. The van der Waals surface area contributed by atoms with E-state index in [2.05, 4.69) is 50.4 Å². The van der Waals surface area contributed by atoms with Crippen LogP contribution in [0.25, 0.3) is 0 Å². The lowest BCUT2D eigenvalue weighted by Gasteiger charge is -2.20. The Kier molecular flexibility index (Phi) is 9.98. The zero-order chi connectivity index (χ0) is 15.3. The Hall–Kier alpha value is -1.02. The van der Waals surface area contributed by atoms with Crippen LogP contribution in [0.5, 0.6) is 5.75 Å². The van der Waals surface area contributed by atoms with Crippen LogP contribution in [0.2, 0.25) is 0 Å². The van der Waals surface area contributed by atoms with Crippen LogP contribution in [0.15, 0.2) is 24.3 Å². The zero-order valence-corrected chi connectivity index (χ0v) is 14.2. The molecule has 0 aliphatic rings. The fraction of sp³-hybridized carbons (Fsp3) is 0.684. The Balaban J connectivity index is 2.62. The van der Waals surface area contributed by atoms with Crippen LogP contribution in [0, 0.1) is 0 Å². The zero-order valence-electron chi connectivity index (χ0n) is 14.2. The van der Waals surface area contributed by atoms with Gasteiger partial charge in [-0.3, -0.25) is 0 Å². The second-order valence-electron chi connectivity index (χ2n) is 5.78. The van der Waals surface area contributed by atoms with Gasteiger partial charge >= 0.3 is 0 Å². The molecule has 1 aromatic carbocycles. The minimum atomic E-state index is 0.465. The lowest BCUT2D eigenvalue weighted by atomic mass is 9.99. The number of hydrogen-bond acceptors (Lipinski definition) is 2. The highest BCUT2D eigenvalue weighted by atomic mass is 16.5. The summed E-state index contributed by atoms with van der Waals surface area (Å²) in [5.41, 5.74) is 1.37. The van der Waals surface area contributed by atoms with Crippen molar-refractivity contribution < 1.29 is 4.74 Å². The first-order chi connectivity index (χ1) is 10.3. The topological polar surface area (TPSA) is 21.3 Å². The lowest BCUT2D eigenvalue weighted by Crippen LogP contribution is -2.22. The second kappa shape index (κ2) is 11.6. The second-order valence-corrected chi connectivity index (χ2v) is 5.78. The summed E-state index contributed by atoms with van der Waals surface area (Å²) in [6.45, 7) is 8.51. The van der Waals surface area contributed by atoms with Gasteiger partial charge in [0.05, 0.1) is 6.61 Å². The molecule has 0 radical (unpaired) electrons. The molecular weight excluding hydrogens is 258 g/mol. The SMILES string of the molecule is CCCCCCC(NCCC)c1cccc(OCCC)c1. The maximum atomic E-state index is 5.77. The first-order valence-corrected chi connectivity index (χ1v) is 8.77. The average molecular weight is 291 g/mol. The van der Waals surface area contributed by atoms with E-state index in [0.29, 0.717) is 6.04 Å². The number of nitrogens with one attached hydrogen (secondary N) is 1. The molecule has 0 saturated carbocycles. The predicted molar refractivity (Wildman–Crippen MR) is 92.0 cm³/mol. The quantitative estimate of drug-likeness (QED) is 0.514. The minimum absolute atomic E-state index is 0.465. The molecule has 1 aromatic rings. The average Bonchev–Trinajstić information content (AvgIpc) is 2.52. The number of rotatable bonds is 12. The lowest BCUT2D eigenvalue weighted by molar-refractivity contribution is 0.316. The van der Waals surface area contributed by atoms with Crippen molar-refractivity contribution in [1.82, 2.24) is 5.32 Å². The van der Waals surface area contributed by atoms with Gasteiger partial charge in [-0.15, -0.1) is 0 Å². The van der Waals surface area contributed by atoms with Gasteiger partial charge in [-0.05, 0) is 43.5 Å². The summed E-state index contributed by atoms with van der Waals surface area (Å²) in [7, 11) is 0. The minimum Gasteiger partial charge on any atom is -0.494 e. The van der Waals surface area contributed by atoms with Crippen molar-refractivity contribution in [2.24, 2.45) is 0 Å². The Morgan fingerprint density at radius 1 is 1.00 bits per heavy atom. The first kappa shape index (κ1) is 18.0. The van der Waals surface area contributed by atoms with E-state index in [4.69, 9.17) is 4.74 Å². The molecule has 1 unspecified atom stereocenters. The van der Waals surface area contributed by atoms with Crippen LogP contribution in [0.3, 0.4) is 0 Å². The van der Waals surface area contributed by atoms with Crippen molar-refractivity contribution in [1.29, 1.82) is 0 Å². The third kappa shape index (κ3) is 7.52. The van der Waals surface area contributed by atoms with E-state index in [-0.39, 0.29) is 0 Å². The largest absolute Gasteiger partial charge is 0.494 e. The van der Waals surface area contributed by atoms with Crippen molar-refractivity contribution >= 4 is 0 Å². The van der Waals surface area contributed by atoms with E-state index < -0.39 is 0 Å². The van der Waals surface area contributed by atoms with Crippen LogP contribution < -0.4 is 10.1 Å². The van der Waals surface area contributed by atoms with E-state index in [9.17, 15) is 0 Å². The highest BCUT2D eigenvalue weighted by Crippen LogP contribution is 2.24. The van der Waals surface area contributed by atoms with Crippen LogP contribution in [0.1, 0.15) is 77.3 Å². The van der Waals surface area contributed by atoms with Crippen molar-refractivity contribution in [3.8, 4) is 5.75 Å². The predicted octanol–water partition coefficient (Wildman–Crippen LogP) is 5.49. The molecule has 0 amide bonds. The summed E-state index contributed by atoms with van der Waals surface area (Å²) in [6.07, 6.45) is 8.74. The van der Waals surface area contributed by atoms with Crippen molar-refractivity contribution in [2.75, 3.05) is 13.2 Å². The van der Waals surface area contributed by atoms with Crippen LogP contribution >= 0.6 is 0 Å². The number of hydrogen-bond donors (Lipinski definition) is 1. The fourth-order valence-corrected chi connectivity index (χ4v) is 2.52. The highest BCUT2D eigenvalue weighted by molar-refractivity contribution is 5.30. The molecule has 21 heavy (non-hydrogen) atoms. The molecular formula is C19H33NO. The Morgan fingerprint density at radius 2 is 1.86 bits per heavy atom. The molecule has 1 N–H and O–H groups in total.